The van der Waals surface area contributed by atoms with Crippen LogP contribution in [0.25, 0.3) is 0 Å². The Morgan fingerprint density at radius 2 is 1.59 bits per heavy atom. The molecule has 1 aliphatic heterocycles. The summed E-state index contributed by atoms with van der Waals surface area (Å²) in [6, 6.07) is 20.0. The molecule has 1 fully saturated rings. The van der Waals surface area contributed by atoms with Gasteiger partial charge in [0.25, 0.3) is 0 Å². The predicted molar refractivity (Wildman–Crippen MR) is 101 cm³/mol. The van der Waals surface area contributed by atoms with Crippen molar-refractivity contribution < 1.29 is 23.7 Å². The normalized spacial score (nSPS) is 22.3. The fourth-order valence-electron chi connectivity index (χ4n) is 3.09. The second-order valence-corrected chi connectivity index (χ2v) is 6.63. The fourth-order valence-corrected chi connectivity index (χ4v) is 3.09. The number of benzene rings is 2. The summed E-state index contributed by atoms with van der Waals surface area (Å²) in [6.07, 6.45) is 0.450. The van der Waals surface area contributed by atoms with E-state index in [0.29, 0.717) is 26.2 Å². The summed E-state index contributed by atoms with van der Waals surface area (Å²) in [7, 11) is 0. The molecule has 1 aliphatic rings. The van der Waals surface area contributed by atoms with Crippen LogP contribution >= 0.6 is 0 Å². The highest BCUT2D eigenvalue weighted by Gasteiger charge is 2.33. The smallest absolute Gasteiger partial charge is 0.304 e. The lowest BCUT2D eigenvalue weighted by Gasteiger charge is -2.35. The molecule has 5 heteroatoms. The molecule has 0 N–H and O–H groups in total. The minimum Gasteiger partial charge on any atom is -0.436 e. The van der Waals surface area contributed by atoms with Gasteiger partial charge in [-0.05, 0) is 17.5 Å². The number of carbonyl (C=O) groups is 1. The molecule has 3 atom stereocenters. The third-order valence-corrected chi connectivity index (χ3v) is 4.43. The molecule has 1 heterocycles. The molecule has 0 bridgehead atoms. The van der Waals surface area contributed by atoms with Crippen molar-refractivity contribution in [3.8, 4) is 0 Å². The molecule has 0 spiro atoms. The summed E-state index contributed by atoms with van der Waals surface area (Å²) in [6.45, 7) is 2.79. The average molecular weight is 370 g/mol. The van der Waals surface area contributed by atoms with E-state index in [4.69, 9.17) is 18.9 Å². The summed E-state index contributed by atoms with van der Waals surface area (Å²) in [4.78, 5) is 11.2. The zero-order valence-corrected chi connectivity index (χ0v) is 15.6. The first-order valence-electron chi connectivity index (χ1n) is 9.30. The van der Waals surface area contributed by atoms with E-state index >= 15 is 0 Å². The Morgan fingerprint density at radius 3 is 2.22 bits per heavy atom. The van der Waals surface area contributed by atoms with E-state index in [9.17, 15) is 4.79 Å². The predicted octanol–water partition coefficient (Wildman–Crippen LogP) is 3.86. The Balaban J connectivity index is 1.55. The van der Waals surface area contributed by atoms with Crippen molar-refractivity contribution in [1.82, 2.24) is 0 Å². The van der Waals surface area contributed by atoms with Gasteiger partial charge in [0.1, 0.15) is 6.10 Å². The maximum atomic E-state index is 11.2. The van der Waals surface area contributed by atoms with Crippen molar-refractivity contribution in [3.63, 3.8) is 0 Å². The molecule has 2 aromatic carbocycles. The largest absolute Gasteiger partial charge is 0.436 e. The van der Waals surface area contributed by atoms with Crippen LogP contribution in [0.4, 0.5) is 0 Å². The molecule has 0 radical (unpaired) electrons. The molecule has 0 aliphatic carbocycles. The highest BCUT2D eigenvalue weighted by molar-refractivity contribution is 5.66. The van der Waals surface area contributed by atoms with Crippen LogP contribution in [-0.2, 0) is 37.0 Å². The SMILES string of the molecule is CC(=O)OC1CC[C@H](OCc2ccccc2)[C@@H](COCc2ccccc2)O1. The maximum Gasteiger partial charge on any atom is 0.304 e. The molecule has 3 rings (SSSR count). The molecule has 5 nitrogen and oxygen atoms in total. The Kier molecular flexibility index (Phi) is 7.39. The Morgan fingerprint density at radius 1 is 0.963 bits per heavy atom. The number of hydrogen-bond acceptors (Lipinski definition) is 5. The van der Waals surface area contributed by atoms with Crippen LogP contribution < -0.4 is 0 Å². The van der Waals surface area contributed by atoms with Gasteiger partial charge in [0, 0.05) is 13.3 Å². The minimum absolute atomic E-state index is 0.104. The molecule has 0 amide bonds. The number of esters is 1. The van der Waals surface area contributed by atoms with Crippen molar-refractivity contribution in [2.24, 2.45) is 0 Å². The highest BCUT2D eigenvalue weighted by atomic mass is 16.7. The van der Waals surface area contributed by atoms with Crippen molar-refractivity contribution in [2.45, 2.75) is 51.5 Å². The lowest BCUT2D eigenvalue weighted by atomic mass is 10.0. The number of ether oxygens (including phenoxy) is 4. The summed E-state index contributed by atoms with van der Waals surface area (Å²) in [5.74, 6) is -0.340. The van der Waals surface area contributed by atoms with Crippen LogP contribution in [-0.4, -0.2) is 31.1 Å². The van der Waals surface area contributed by atoms with Crippen LogP contribution in [0.15, 0.2) is 60.7 Å². The van der Waals surface area contributed by atoms with Crippen molar-refractivity contribution in [1.29, 1.82) is 0 Å². The monoisotopic (exact) mass is 370 g/mol. The minimum atomic E-state index is -0.538. The van der Waals surface area contributed by atoms with E-state index in [1.165, 1.54) is 6.92 Å². The van der Waals surface area contributed by atoms with Crippen LogP contribution in [0.1, 0.15) is 30.9 Å². The fraction of sp³-hybridized carbons (Fsp3) is 0.409. The highest BCUT2D eigenvalue weighted by Crippen LogP contribution is 2.25. The van der Waals surface area contributed by atoms with Gasteiger partial charge in [0.15, 0.2) is 0 Å². The summed E-state index contributed by atoms with van der Waals surface area (Å²) >= 11 is 0. The standard InChI is InChI=1S/C22H26O5/c1-17(23)26-22-13-12-20(25-15-19-10-6-3-7-11-19)21(27-22)16-24-14-18-8-4-2-5-9-18/h2-11,20-22H,12-16H2,1H3/t20-,21+,22?/m0/s1. The molecular formula is C22H26O5. The van der Waals surface area contributed by atoms with Crippen LogP contribution in [0.5, 0.6) is 0 Å². The summed E-state index contributed by atoms with van der Waals surface area (Å²) < 4.78 is 23.1. The number of hydrogen-bond donors (Lipinski definition) is 0. The van der Waals surface area contributed by atoms with Gasteiger partial charge in [0.05, 0.1) is 25.9 Å². The molecule has 1 saturated heterocycles. The first kappa shape index (κ1) is 19.5. The maximum absolute atomic E-state index is 11.2. The Labute approximate surface area is 160 Å². The zero-order chi connectivity index (χ0) is 18.9. The topological polar surface area (TPSA) is 54.0 Å². The lowest BCUT2D eigenvalue weighted by Crippen LogP contribution is -2.44. The molecular weight excluding hydrogens is 344 g/mol. The van der Waals surface area contributed by atoms with E-state index in [0.717, 1.165) is 17.5 Å². The number of carbonyl (C=O) groups excluding carboxylic acids is 1. The molecule has 0 aromatic heterocycles. The molecule has 27 heavy (non-hydrogen) atoms. The summed E-state index contributed by atoms with van der Waals surface area (Å²) in [5, 5.41) is 0. The van der Waals surface area contributed by atoms with Crippen molar-refractivity contribution in [2.75, 3.05) is 6.61 Å². The van der Waals surface area contributed by atoms with E-state index < -0.39 is 6.29 Å². The third kappa shape index (κ3) is 6.47. The molecule has 1 unspecified atom stereocenters. The van der Waals surface area contributed by atoms with Crippen LogP contribution in [0.2, 0.25) is 0 Å². The second-order valence-electron chi connectivity index (χ2n) is 6.63. The van der Waals surface area contributed by atoms with Gasteiger partial charge in [-0.1, -0.05) is 60.7 Å². The van der Waals surface area contributed by atoms with Crippen molar-refractivity contribution >= 4 is 5.97 Å². The van der Waals surface area contributed by atoms with Gasteiger partial charge in [-0.15, -0.1) is 0 Å². The van der Waals surface area contributed by atoms with Gasteiger partial charge in [-0.2, -0.15) is 0 Å². The average Bonchev–Trinajstić information content (AvgIpc) is 2.68. The van der Waals surface area contributed by atoms with Crippen LogP contribution in [0, 0.1) is 0 Å². The van der Waals surface area contributed by atoms with Gasteiger partial charge in [-0.3, -0.25) is 4.79 Å². The molecule has 2 aromatic rings. The first-order valence-corrected chi connectivity index (χ1v) is 9.30. The third-order valence-electron chi connectivity index (χ3n) is 4.43. The molecule has 144 valence electrons. The Bertz CT molecular complexity index is 688. The van der Waals surface area contributed by atoms with Gasteiger partial charge in [-0.25, -0.2) is 0 Å². The van der Waals surface area contributed by atoms with Crippen molar-refractivity contribution in [3.05, 3.63) is 71.8 Å². The summed E-state index contributed by atoms with van der Waals surface area (Å²) in [5.41, 5.74) is 2.22. The van der Waals surface area contributed by atoms with E-state index in [2.05, 4.69) is 0 Å². The Hall–Kier alpha value is -2.21. The molecule has 0 saturated carbocycles. The number of rotatable bonds is 8. The quantitative estimate of drug-likeness (QED) is 0.661. The van der Waals surface area contributed by atoms with E-state index in [1.807, 2.05) is 60.7 Å². The lowest BCUT2D eigenvalue weighted by molar-refractivity contribution is -0.238. The van der Waals surface area contributed by atoms with E-state index in [1.54, 1.807) is 0 Å². The van der Waals surface area contributed by atoms with Gasteiger partial charge >= 0.3 is 5.97 Å². The van der Waals surface area contributed by atoms with Crippen LogP contribution in [0.3, 0.4) is 0 Å². The van der Waals surface area contributed by atoms with Gasteiger partial charge in [0.2, 0.25) is 6.29 Å². The van der Waals surface area contributed by atoms with Gasteiger partial charge < -0.3 is 18.9 Å². The van der Waals surface area contributed by atoms with E-state index in [-0.39, 0.29) is 18.2 Å². The zero-order valence-electron chi connectivity index (χ0n) is 15.6. The first-order chi connectivity index (χ1) is 13.2. The second kappa shape index (κ2) is 10.2.